The lowest BCUT2D eigenvalue weighted by atomic mass is 9.95. The highest BCUT2D eigenvalue weighted by molar-refractivity contribution is 5.95. The van der Waals surface area contributed by atoms with Crippen LogP contribution in [0.3, 0.4) is 0 Å². The van der Waals surface area contributed by atoms with Crippen molar-refractivity contribution in [2.45, 2.75) is 25.3 Å². The van der Waals surface area contributed by atoms with Gasteiger partial charge in [-0.1, -0.05) is 48.5 Å². The monoisotopic (exact) mass is 488 g/mol. The molecule has 0 radical (unpaired) electrons. The van der Waals surface area contributed by atoms with Crippen molar-refractivity contribution in [1.82, 2.24) is 14.9 Å². The number of aromatic amines is 1. The average molecular weight is 489 g/mol. The van der Waals surface area contributed by atoms with Crippen molar-refractivity contribution in [3.8, 4) is 5.75 Å². The third-order valence-electron chi connectivity index (χ3n) is 7.76. The first-order chi connectivity index (χ1) is 18.2. The maximum Gasteiger partial charge on any atom is 0.253 e. The Morgan fingerprint density at radius 2 is 1.76 bits per heavy atom. The number of para-hydroxylation sites is 2. The zero-order chi connectivity index (χ0) is 24.8. The standard InChI is InChI=1S/C31H28N4O2/c36-31(34-16-14-22(15-17-34)30-32-27-10-3-4-11-28(27)33-30)23-7-5-8-24(18-23)35-19-26-25-9-2-1-6-21(25)12-13-29(26)37-20-35/h1-13,18,22H,14-17,19-20H2,(H,32,33). The molecule has 2 aliphatic rings. The normalized spacial score (nSPS) is 16.1. The van der Waals surface area contributed by atoms with Crippen LogP contribution in [0.15, 0.2) is 84.9 Å². The van der Waals surface area contributed by atoms with E-state index in [4.69, 9.17) is 9.72 Å². The van der Waals surface area contributed by atoms with Gasteiger partial charge >= 0.3 is 0 Å². The molecule has 5 aromatic rings. The fraction of sp³-hybridized carbons (Fsp3) is 0.226. The van der Waals surface area contributed by atoms with Crippen molar-refractivity contribution in [2.24, 2.45) is 0 Å². The van der Waals surface area contributed by atoms with Crippen LogP contribution >= 0.6 is 0 Å². The summed E-state index contributed by atoms with van der Waals surface area (Å²) in [6.07, 6.45) is 1.82. The molecule has 0 unspecified atom stereocenters. The van der Waals surface area contributed by atoms with Gasteiger partial charge in [0.2, 0.25) is 0 Å². The molecular weight excluding hydrogens is 460 g/mol. The van der Waals surface area contributed by atoms with Crippen LogP contribution in [0.2, 0.25) is 0 Å². The molecule has 1 N–H and O–H groups in total. The van der Waals surface area contributed by atoms with Crippen molar-refractivity contribution in [3.05, 3.63) is 102 Å². The number of H-pyrrole nitrogens is 1. The molecule has 0 spiro atoms. The Morgan fingerprint density at radius 3 is 2.65 bits per heavy atom. The van der Waals surface area contributed by atoms with Gasteiger partial charge in [0.1, 0.15) is 11.6 Å². The fourth-order valence-corrected chi connectivity index (χ4v) is 5.70. The molecule has 37 heavy (non-hydrogen) atoms. The number of piperidine rings is 1. The molecule has 6 nitrogen and oxygen atoms in total. The smallest absolute Gasteiger partial charge is 0.253 e. The Hall–Kier alpha value is -4.32. The zero-order valence-electron chi connectivity index (χ0n) is 20.6. The Bertz CT molecular complexity index is 1580. The highest BCUT2D eigenvalue weighted by Gasteiger charge is 2.27. The fourth-order valence-electron chi connectivity index (χ4n) is 5.70. The highest BCUT2D eigenvalue weighted by atomic mass is 16.5. The Labute approximate surface area is 215 Å². The van der Waals surface area contributed by atoms with Crippen LogP contribution in [-0.2, 0) is 6.54 Å². The average Bonchev–Trinajstić information content (AvgIpc) is 3.41. The minimum atomic E-state index is 0.0914. The molecule has 4 aromatic carbocycles. The number of ether oxygens (including phenoxy) is 1. The molecule has 3 heterocycles. The predicted molar refractivity (Wildman–Crippen MR) is 146 cm³/mol. The summed E-state index contributed by atoms with van der Waals surface area (Å²) in [5, 5.41) is 2.42. The van der Waals surface area contributed by atoms with Gasteiger partial charge in [-0.25, -0.2) is 4.98 Å². The Kier molecular flexibility index (Phi) is 5.31. The van der Waals surface area contributed by atoms with E-state index in [1.54, 1.807) is 0 Å². The van der Waals surface area contributed by atoms with Gasteiger partial charge in [0.25, 0.3) is 5.91 Å². The van der Waals surface area contributed by atoms with Gasteiger partial charge in [-0.05, 0) is 60.0 Å². The van der Waals surface area contributed by atoms with Crippen LogP contribution in [0.25, 0.3) is 21.8 Å². The van der Waals surface area contributed by atoms with E-state index >= 15 is 0 Å². The zero-order valence-corrected chi connectivity index (χ0v) is 20.6. The minimum Gasteiger partial charge on any atom is -0.473 e. The first kappa shape index (κ1) is 21.9. The molecular formula is C31H28N4O2. The number of nitrogens with one attached hydrogen (secondary N) is 1. The number of likely N-dealkylation sites (tertiary alicyclic amines) is 1. The molecule has 0 bridgehead atoms. The van der Waals surface area contributed by atoms with Crippen LogP contribution in [0.1, 0.15) is 40.5 Å². The molecule has 1 amide bonds. The highest BCUT2D eigenvalue weighted by Crippen LogP contribution is 2.34. The molecule has 6 heteroatoms. The number of carbonyl (C=O) groups excluding carboxylic acids is 1. The molecule has 1 aromatic heterocycles. The van der Waals surface area contributed by atoms with E-state index in [2.05, 4.69) is 58.4 Å². The second kappa shape index (κ2) is 8.96. The van der Waals surface area contributed by atoms with Crippen LogP contribution in [0, 0.1) is 0 Å². The SMILES string of the molecule is O=C(c1cccc(N2COc3ccc4ccccc4c3C2)c1)N1CCC(c2nc3ccccc3[nH]2)CC1. The van der Waals surface area contributed by atoms with Crippen LogP contribution < -0.4 is 9.64 Å². The number of amides is 1. The summed E-state index contributed by atoms with van der Waals surface area (Å²) in [6.45, 7) is 2.68. The minimum absolute atomic E-state index is 0.0914. The first-order valence-corrected chi connectivity index (χ1v) is 13.0. The van der Waals surface area contributed by atoms with Crippen molar-refractivity contribution >= 4 is 33.4 Å². The predicted octanol–water partition coefficient (Wildman–Crippen LogP) is 6.09. The molecule has 184 valence electrons. The number of hydrogen-bond acceptors (Lipinski definition) is 4. The van der Waals surface area contributed by atoms with E-state index in [-0.39, 0.29) is 5.91 Å². The summed E-state index contributed by atoms with van der Waals surface area (Å²) >= 11 is 0. The quantitative estimate of drug-likeness (QED) is 0.334. The van der Waals surface area contributed by atoms with Gasteiger partial charge in [-0.3, -0.25) is 4.79 Å². The van der Waals surface area contributed by atoms with E-state index in [9.17, 15) is 4.79 Å². The van der Waals surface area contributed by atoms with Crippen molar-refractivity contribution in [3.63, 3.8) is 0 Å². The van der Waals surface area contributed by atoms with Gasteiger partial charge in [-0.15, -0.1) is 0 Å². The van der Waals surface area contributed by atoms with Gasteiger partial charge in [-0.2, -0.15) is 0 Å². The summed E-state index contributed by atoms with van der Waals surface area (Å²) < 4.78 is 6.11. The number of imidazole rings is 1. The maximum absolute atomic E-state index is 13.4. The molecule has 0 saturated carbocycles. The van der Waals surface area contributed by atoms with Crippen molar-refractivity contribution in [2.75, 3.05) is 24.7 Å². The van der Waals surface area contributed by atoms with Gasteiger partial charge in [0, 0.05) is 35.8 Å². The van der Waals surface area contributed by atoms with Crippen molar-refractivity contribution in [1.29, 1.82) is 0 Å². The first-order valence-electron chi connectivity index (χ1n) is 13.0. The van der Waals surface area contributed by atoms with Gasteiger partial charge in [0.05, 0.1) is 17.6 Å². The number of rotatable bonds is 3. The third-order valence-corrected chi connectivity index (χ3v) is 7.76. The van der Waals surface area contributed by atoms with Gasteiger partial charge < -0.3 is 19.5 Å². The molecule has 7 rings (SSSR count). The second-order valence-corrected chi connectivity index (χ2v) is 9.99. The molecule has 1 fully saturated rings. The number of benzene rings is 4. The molecule has 0 atom stereocenters. The molecule has 0 aliphatic carbocycles. The summed E-state index contributed by atoms with van der Waals surface area (Å²) in [5.74, 6) is 2.42. The van der Waals surface area contributed by atoms with E-state index in [0.29, 0.717) is 12.6 Å². The second-order valence-electron chi connectivity index (χ2n) is 9.99. The number of aromatic nitrogens is 2. The van der Waals surface area contributed by atoms with Crippen molar-refractivity contribution < 1.29 is 9.53 Å². The van der Waals surface area contributed by atoms with E-state index in [0.717, 1.165) is 66.3 Å². The lowest BCUT2D eigenvalue weighted by Gasteiger charge is -2.33. The summed E-state index contributed by atoms with van der Waals surface area (Å²) in [7, 11) is 0. The van der Waals surface area contributed by atoms with Crippen LogP contribution in [0.5, 0.6) is 5.75 Å². The van der Waals surface area contributed by atoms with E-state index < -0.39 is 0 Å². The summed E-state index contributed by atoms with van der Waals surface area (Å²) in [4.78, 5) is 25.9. The van der Waals surface area contributed by atoms with Crippen LogP contribution in [0.4, 0.5) is 5.69 Å². The van der Waals surface area contributed by atoms with Gasteiger partial charge in [0.15, 0.2) is 6.73 Å². The Balaban J connectivity index is 1.06. The molecule has 1 saturated heterocycles. The van der Waals surface area contributed by atoms with E-state index in [1.165, 1.54) is 16.3 Å². The number of anilines is 1. The largest absolute Gasteiger partial charge is 0.473 e. The number of hydrogen-bond donors (Lipinski definition) is 1. The molecule has 2 aliphatic heterocycles. The third kappa shape index (κ3) is 3.99. The summed E-state index contributed by atoms with van der Waals surface area (Å²) in [5.41, 5.74) is 4.99. The van der Waals surface area contributed by atoms with Crippen LogP contribution in [-0.4, -0.2) is 40.6 Å². The lowest BCUT2D eigenvalue weighted by Crippen LogP contribution is -2.38. The Morgan fingerprint density at radius 1 is 0.919 bits per heavy atom. The number of carbonyl (C=O) groups is 1. The summed E-state index contributed by atoms with van der Waals surface area (Å²) in [6, 6.07) is 28.7. The maximum atomic E-state index is 13.4. The number of nitrogens with zero attached hydrogens (tertiary/aromatic N) is 3. The van der Waals surface area contributed by atoms with E-state index in [1.807, 2.05) is 41.3 Å². The lowest BCUT2D eigenvalue weighted by molar-refractivity contribution is 0.0711. The topological polar surface area (TPSA) is 61.5 Å². The number of fused-ring (bicyclic) bond motifs is 4.